The number of hydrogen-bond donors (Lipinski definition) is 1. The number of likely N-dealkylation sites (tertiary alicyclic amines) is 1. The highest BCUT2D eigenvalue weighted by molar-refractivity contribution is 7.89. The van der Waals surface area contributed by atoms with Crippen LogP contribution in [0.15, 0.2) is 66.7 Å². The normalized spacial score (nSPS) is 18.4. The lowest BCUT2D eigenvalue weighted by molar-refractivity contribution is 0.0832. The Labute approximate surface area is 217 Å². The highest BCUT2D eigenvalue weighted by Crippen LogP contribution is 2.45. The molecule has 1 N–H and O–H groups in total. The zero-order valence-corrected chi connectivity index (χ0v) is 21.6. The molecule has 2 aliphatic rings. The Morgan fingerprint density at radius 3 is 2.41 bits per heavy atom. The molecule has 0 bridgehead atoms. The van der Waals surface area contributed by atoms with Crippen LogP contribution in [0.1, 0.15) is 53.1 Å². The molecule has 1 aliphatic carbocycles. The number of carbonyl (C=O) groups excluding carboxylic acids is 1. The van der Waals surface area contributed by atoms with E-state index in [4.69, 9.17) is 4.74 Å². The Hall–Kier alpha value is -3.23. The molecule has 0 radical (unpaired) electrons. The van der Waals surface area contributed by atoms with Crippen LogP contribution in [0.4, 0.5) is 4.39 Å². The maximum absolute atomic E-state index is 14.9. The molecule has 194 valence electrons. The van der Waals surface area contributed by atoms with E-state index in [0.29, 0.717) is 5.75 Å². The first-order chi connectivity index (χ1) is 17.7. The summed E-state index contributed by atoms with van der Waals surface area (Å²) in [7, 11) is -3.79. The maximum Gasteiger partial charge on any atom is 0.267 e. The van der Waals surface area contributed by atoms with Gasteiger partial charge in [-0.1, -0.05) is 54.6 Å². The van der Waals surface area contributed by atoms with E-state index in [9.17, 15) is 17.6 Å². The molecule has 3 aromatic carbocycles. The van der Waals surface area contributed by atoms with Crippen LogP contribution in [0.25, 0.3) is 11.1 Å². The lowest BCUT2D eigenvalue weighted by Crippen LogP contribution is -2.40. The van der Waals surface area contributed by atoms with Crippen molar-refractivity contribution in [2.45, 2.75) is 44.2 Å². The van der Waals surface area contributed by atoms with Crippen LogP contribution in [0.3, 0.4) is 0 Å². The number of hydrogen-bond acceptors (Lipinski definition) is 5. The lowest BCUT2D eigenvalue weighted by Gasteiger charge is -2.33. The number of piperidine rings is 1. The summed E-state index contributed by atoms with van der Waals surface area (Å²) >= 11 is 0. The molecule has 0 spiro atoms. The van der Waals surface area contributed by atoms with Crippen molar-refractivity contribution >= 4 is 15.9 Å². The van der Waals surface area contributed by atoms with Crippen molar-refractivity contribution in [2.24, 2.45) is 0 Å². The van der Waals surface area contributed by atoms with Crippen molar-refractivity contribution in [3.8, 4) is 16.9 Å². The minimum Gasteiger partial charge on any atom is -0.489 e. The maximum atomic E-state index is 14.9. The molecular formula is C29H31FN2O4S. The third-order valence-electron chi connectivity index (χ3n) is 6.86. The fourth-order valence-corrected chi connectivity index (χ4v) is 5.36. The van der Waals surface area contributed by atoms with Crippen LogP contribution < -0.4 is 9.46 Å². The Balaban J connectivity index is 1.26. The Morgan fingerprint density at radius 2 is 1.73 bits per heavy atom. The van der Waals surface area contributed by atoms with Crippen LogP contribution in [0.5, 0.6) is 5.75 Å². The highest BCUT2D eigenvalue weighted by atomic mass is 32.2. The highest BCUT2D eigenvalue weighted by Gasteiger charge is 2.31. The predicted molar refractivity (Wildman–Crippen MR) is 141 cm³/mol. The quantitative estimate of drug-likeness (QED) is 0.445. The molecule has 0 unspecified atom stereocenters. The van der Waals surface area contributed by atoms with Crippen molar-refractivity contribution in [2.75, 3.05) is 19.3 Å². The second-order valence-corrected chi connectivity index (χ2v) is 11.8. The van der Waals surface area contributed by atoms with E-state index in [1.807, 2.05) is 22.9 Å². The SMILES string of the molecule is CS(=O)(=O)NC(=O)c1cc(C2CC2)c(O[C@@H]2CCCN(Cc3ccc(-c4ccccc4)cc3)C2)cc1F. The van der Waals surface area contributed by atoms with Crippen molar-refractivity contribution in [1.82, 2.24) is 9.62 Å². The molecule has 1 aliphatic heterocycles. The zero-order valence-electron chi connectivity index (χ0n) is 20.8. The van der Waals surface area contributed by atoms with Gasteiger partial charge in [-0.3, -0.25) is 9.69 Å². The molecule has 1 saturated carbocycles. The van der Waals surface area contributed by atoms with E-state index in [-0.39, 0.29) is 17.6 Å². The largest absolute Gasteiger partial charge is 0.489 e. The van der Waals surface area contributed by atoms with Crippen molar-refractivity contribution in [3.63, 3.8) is 0 Å². The van der Waals surface area contributed by atoms with E-state index in [1.165, 1.54) is 28.8 Å². The lowest BCUT2D eigenvalue weighted by atomic mass is 10.0. The fraction of sp³-hybridized carbons (Fsp3) is 0.345. The summed E-state index contributed by atoms with van der Waals surface area (Å²) in [4.78, 5) is 14.7. The molecule has 0 aromatic heterocycles. The van der Waals surface area contributed by atoms with Gasteiger partial charge in [-0.05, 0) is 66.5 Å². The fourth-order valence-electron chi connectivity index (χ4n) is 4.91. The van der Waals surface area contributed by atoms with Gasteiger partial charge in [0, 0.05) is 19.2 Å². The molecule has 1 heterocycles. The average Bonchev–Trinajstić information content (AvgIpc) is 3.70. The minimum atomic E-state index is -3.79. The number of nitrogens with one attached hydrogen (secondary N) is 1. The molecule has 37 heavy (non-hydrogen) atoms. The van der Waals surface area contributed by atoms with Gasteiger partial charge in [0.05, 0.1) is 11.8 Å². The van der Waals surface area contributed by atoms with Crippen molar-refractivity contribution in [3.05, 3.63) is 89.2 Å². The number of amides is 1. The smallest absolute Gasteiger partial charge is 0.267 e. The number of nitrogens with zero attached hydrogens (tertiary/aromatic N) is 1. The van der Waals surface area contributed by atoms with E-state index in [0.717, 1.165) is 57.1 Å². The zero-order chi connectivity index (χ0) is 26.0. The van der Waals surface area contributed by atoms with Gasteiger partial charge in [0.1, 0.15) is 17.7 Å². The number of benzene rings is 3. The summed E-state index contributed by atoms with van der Waals surface area (Å²) in [5.74, 6) is -1.10. The van der Waals surface area contributed by atoms with Gasteiger partial charge < -0.3 is 4.74 Å². The number of ether oxygens (including phenoxy) is 1. The second-order valence-electron chi connectivity index (χ2n) is 10.0. The first kappa shape index (κ1) is 25.4. The average molecular weight is 523 g/mol. The van der Waals surface area contributed by atoms with Gasteiger partial charge in [0.25, 0.3) is 5.91 Å². The van der Waals surface area contributed by atoms with E-state index >= 15 is 0 Å². The summed E-state index contributed by atoms with van der Waals surface area (Å²) < 4.78 is 45.9. The first-order valence-electron chi connectivity index (χ1n) is 12.6. The van der Waals surface area contributed by atoms with Crippen LogP contribution in [0, 0.1) is 5.82 Å². The van der Waals surface area contributed by atoms with Gasteiger partial charge in [-0.2, -0.15) is 0 Å². The molecule has 1 atom stereocenters. The molecule has 8 heteroatoms. The van der Waals surface area contributed by atoms with Gasteiger partial charge >= 0.3 is 0 Å². The summed E-state index contributed by atoms with van der Waals surface area (Å²) in [6.45, 7) is 2.50. The van der Waals surface area contributed by atoms with Crippen molar-refractivity contribution < 1.29 is 22.3 Å². The second kappa shape index (κ2) is 10.6. The monoisotopic (exact) mass is 522 g/mol. The molecule has 3 aromatic rings. The number of carbonyl (C=O) groups is 1. The minimum absolute atomic E-state index is 0.0926. The predicted octanol–water partition coefficient (Wildman–Crippen LogP) is 5.10. The van der Waals surface area contributed by atoms with Crippen LogP contribution in [0.2, 0.25) is 0 Å². The molecular weight excluding hydrogens is 491 g/mol. The van der Waals surface area contributed by atoms with Crippen LogP contribution >= 0.6 is 0 Å². The molecule has 2 fully saturated rings. The molecule has 1 amide bonds. The standard InChI is InChI=1S/C29H31FN2O4S/c1-37(34,35)31-29(33)26-16-25(23-13-14-23)28(17-27(26)30)36-24-8-5-15-32(19-24)18-20-9-11-22(12-10-20)21-6-3-2-4-7-21/h2-4,6-7,9-12,16-17,23-24H,5,8,13-15,18-19H2,1H3,(H,31,33)/t24-/m1/s1. The summed E-state index contributed by atoms with van der Waals surface area (Å²) in [6.07, 6.45) is 4.49. The summed E-state index contributed by atoms with van der Waals surface area (Å²) in [6, 6.07) is 21.6. The van der Waals surface area contributed by atoms with Gasteiger partial charge in [-0.15, -0.1) is 0 Å². The summed E-state index contributed by atoms with van der Waals surface area (Å²) in [5, 5.41) is 0. The summed E-state index contributed by atoms with van der Waals surface area (Å²) in [5.41, 5.74) is 4.11. The Morgan fingerprint density at radius 1 is 1.03 bits per heavy atom. The van der Waals surface area contributed by atoms with Gasteiger partial charge in [0.2, 0.25) is 10.0 Å². The third-order valence-corrected chi connectivity index (χ3v) is 7.42. The Bertz CT molecular complexity index is 1370. The third kappa shape index (κ3) is 6.56. The van der Waals surface area contributed by atoms with E-state index < -0.39 is 21.7 Å². The number of halogens is 1. The van der Waals surface area contributed by atoms with Crippen molar-refractivity contribution in [1.29, 1.82) is 0 Å². The number of sulfonamides is 1. The topological polar surface area (TPSA) is 75.7 Å². The van der Waals surface area contributed by atoms with E-state index in [1.54, 1.807) is 0 Å². The van der Waals surface area contributed by atoms with Gasteiger partial charge in [-0.25, -0.2) is 17.5 Å². The Kier molecular flexibility index (Phi) is 7.31. The number of rotatable bonds is 8. The van der Waals surface area contributed by atoms with Gasteiger partial charge in [0.15, 0.2) is 0 Å². The molecule has 1 saturated heterocycles. The first-order valence-corrected chi connectivity index (χ1v) is 14.5. The van der Waals surface area contributed by atoms with Crippen LogP contribution in [-0.4, -0.2) is 44.7 Å². The molecule has 5 rings (SSSR count). The molecule has 6 nitrogen and oxygen atoms in total. The van der Waals surface area contributed by atoms with Crippen LogP contribution in [-0.2, 0) is 16.6 Å². The van der Waals surface area contributed by atoms with E-state index in [2.05, 4.69) is 41.3 Å².